The Morgan fingerprint density at radius 1 is 1.25 bits per heavy atom. The predicted molar refractivity (Wildman–Crippen MR) is 94.4 cm³/mol. The van der Waals surface area contributed by atoms with Gasteiger partial charge in [-0.25, -0.2) is 9.78 Å². The summed E-state index contributed by atoms with van der Waals surface area (Å²) < 4.78 is 5.39. The van der Waals surface area contributed by atoms with E-state index in [1.807, 2.05) is 23.6 Å². The third-order valence-corrected chi connectivity index (χ3v) is 5.28. The molecule has 0 spiro atoms. The van der Waals surface area contributed by atoms with E-state index in [0.717, 1.165) is 35.2 Å². The van der Waals surface area contributed by atoms with Gasteiger partial charge in [-0.15, -0.1) is 11.3 Å². The van der Waals surface area contributed by atoms with E-state index >= 15 is 0 Å². The highest BCUT2D eigenvalue weighted by Crippen LogP contribution is 2.25. The van der Waals surface area contributed by atoms with Crippen molar-refractivity contribution in [1.82, 2.24) is 10.3 Å². The Balaban J connectivity index is 1.30. The molecule has 1 saturated heterocycles. The molecule has 126 valence electrons. The van der Waals surface area contributed by atoms with Crippen molar-refractivity contribution in [2.45, 2.75) is 32.6 Å². The van der Waals surface area contributed by atoms with Gasteiger partial charge < -0.3 is 20.3 Å². The van der Waals surface area contributed by atoms with Crippen molar-refractivity contribution in [3.63, 3.8) is 0 Å². The van der Waals surface area contributed by atoms with Crippen LogP contribution >= 0.6 is 11.3 Å². The molecule has 0 saturated carbocycles. The lowest BCUT2D eigenvalue weighted by molar-refractivity contribution is 0.134. The molecule has 1 aromatic carbocycles. The standard InChI is InChI=1S/C17H20N4O2S/c22-16(19-14-4-3-12-9-23-10-13(12)7-14)18-8-15-11-24-17(20-15)21-5-1-2-6-21/h3-4,7,11H,1-2,5-6,8-10H2,(H2,18,19,22). The molecular formula is C17H20N4O2S. The topological polar surface area (TPSA) is 66.5 Å². The third-order valence-electron chi connectivity index (χ3n) is 4.33. The van der Waals surface area contributed by atoms with Crippen LogP contribution < -0.4 is 15.5 Å². The molecular weight excluding hydrogens is 324 g/mol. The van der Waals surface area contributed by atoms with Crippen molar-refractivity contribution < 1.29 is 9.53 Å². The van der Waals surface area contributed by atoms with Gasteiger partial charge in [-0.05, 0) is 36.1 Å². The molecule has 0 unspecified atom stereocenters. The maximum atomic E-state index is 12.1. The highest BCUT2D eigenvalue weighted by Gasteiger charge is 2.16. The van der Waals surface area contributed by atoms with E-state index < -0.39 is 0 Å². The molecule has 0 aliphatic carbocycles. The molecule has 0 radical (unpaired) electrons. The van der Waals surface area contributed by atoms with E-state index in [1.54, 1.807) is 11.3 Å². The van der Waals surface area contributed by atoms with Gasteiger partial charge in [-0.1, -0.05) is 6.07 Å². The summed E-state index contributed by atoms with van der Waals surface area (Å²) in [5, 5.41) is 8.80. The van der Waals surface area contributed by atoms with E-state index in [-0.39, 0.29) is 6.03 Å². The molecule has 0 bridgehead atoms. The maximum Gasteiger partial charge on any atom is 0.319 e. The minimum Gasteiger partial charge on any atom is -0.372 e. The summed E-state index contributed by atoms with van der Waals surface area (Å²) in [7, 11) is 0. The molecule has 24 heavy (non-hydrogen) atoms. The number of benzene rings is 1. The van der Waals surface area contributed by atoms with Crippen LogP contribution in [0.2, 0.25) is 0 Å². The molecule has 1 fully saturated rings. The predicted octanol–water partition coefficient (Wildman–Crippen LogP) is 3.10. The first-order valence-electron chi connectivity index (χ1n) is 8.22. The number of rotatable bonds is 4. The third kappa shape index (κ3) is 3.37. The zero-order valence-electron chi connectivity index (χ0n) is 13.4. The summed E-state index contributed by atoms with van der Waals surface area (Å²) >= 11 is 1.65. The summed E-state index contributed by atoms with van der Waals surface area (Å²) in [6.07, 6.45) is 2.47. The number of nitrogens with one attached hydrogen (secondary N) is 2. The number of nitrogens with zero attached hydrogens (tertiary/aromatic N) is 2. The number of urea groups is 1. The van der Waals surface area contributed by atoms with Gasteiger partial charge in [0.15, 0.2) is 5.13 Å². The molecule has 2 aliphatic rings. The van der Waals surface area contributed by atoms with Crippen LogP contribution in [-0.2, 0) is 24.5 Å². The lowest BCUT2D eigenvalue weighted by Gasteiger charge is -2.12. The zero-order chi connectivity index (χ0) is 16.4. The highest BCUT2D eigenvalue weighted by atomic mass is 32.1. The number of aromatic nitrogens is 1. The number of thiazole rings is 1. The van der Waals surface area contributed by atoms with Crippen LogP contribution in [0.3, 0.4) is 0 Å². The fourth-order valence-electron chi connectivity index (χ4n) is 3.03. The van der Waals surface area contributed by atoms with Crippen molar-refractivity contribution in [2.75, 3.05) is 23.3 Å². The number of hydrogen-bond donors (Lipinski definition) is 2. The van der Waals surface area contributed by atoms with Gasteiger partial charge >= 0.3 is 6.03 Å². The molecule has 2 aromatic rings. The molecule has 7 heteroatoms. The number of hydrogen-bond acceptors (Lipinski definition) is 5. The van der Waals surface area contributed by atoms with Gasteiger partial charge in [0.1, 0.15) is 0 Å². The second-order valence-corrected chi connectivity index (χ2v) is 6.94. The van der Waals surface area contributed by atoms with Gasteiger partial charge in [-0.2, -0.15) is 0 Å². The summed E-state index contributed by atoms with van der Waals surface area (Å²) in [6, 6.07) is 5.66. The Labute approximate surface area is 144 Å². The fraction of sp³-hybridized carbons (Fsp3) is 0.412. The van der Waals surface area contributed by atoms with Crippen LogP contribution in [0.1, 0.15) is 29.7 Å². The number of amides is 2. The first kappa shape index (κ1) is 15.4. The number of ether oxygens (including phenoxy) is 1. The SMILES string of the molecule is O=C(NCc1csc(N2CCCC2)n1)Nc1ccc2c(c1)COC2. The van der Waals surface area contributed by atoms with Crippen molar-refractivity contribution in [2.24, 2.45) is 0 Å². The second-order valence-electron chi connectivity index (χ2n) is 6.10. The van der Waals surface area contributed by atoms with Gasteiger partial charge in [0.05, 0.1) is 25.5 Å². The van der Waals surface area contributed by atoms with Gasteiger partial charge in [0.2, 0.25) is 0 Å². The lowest BCUT2D eigenvalue weighted by atomic mass is 10.1. The lowest BCUT2D eigenvalue weighted by Crippen LogP contribution is -2.28. The molecule has 2 amide bonds. The zero-order valence-corrected chi connectivity index (χ0v) is 14.2. The largest absolute Gasteiger partial charge is 0.372 e. The first-order valence-corrected chi connectivity index (χ1v) is 9.10. The molecule has 0 atom stereocenters. The Hall–Kier alpha value is -2.12. The minimum absolute atomic E-state index is 0.218. The summed E-state index contributed by atoms with van der Waals surface area (Å²) in [6.45, 7) is 3.88. The van der Waals surface area contributed by atoms with E-state index in [1.165, 1.54) is 18.4 Å². The first-order chi connectivity index (χ1) is 11.8. The summed E-state index contributed by atoms with van der Waals surface area (Å²) in [5.74, 6) is 0. The van der Waals surface area contributed by atoms with Crippen LogP contribution in [0.4, 0.5) is 15.6 Å². The van der Waals surface area contributed by atoms with Crippen molar-refractivity contribution in [3.8, 4) is 0 Å². The van der Waals surface area contributed by atoms with Crippen LogP contribution in [0.25, 0.3) is 0 Å². The molecule has 2 N–H and O–H groups in total. The Kier molecular flexibility index (Phi) is 4.36. The van der Waals surface area contributed by atoms with Gasteiger partial charge in [0.25, 0.3) is 0 Å². The Morgan fingerprint density at radius 3 is 2.96 bits per heavy atom. The van der Waals surface area contributed by atoms with Crippen LogP contribution in [-0.4, -0.2) is 24.1 Å². The Bertz CT molecular complexity index is 740. The maximum absolute atomic E-state index is 12.1. The van der Waals surface area contributed by atoms with Crippen LogP contribution in [0.15, 0.2) is 23.6 Å². The average Bonchev–Trinajstić information content (AvgIpc) is 3.32. The number of carbonyl (C=O) groups excluding carboxylic acids is 1. The fourth-order valence-corrected chi connectivity index (χ4v) is 3.91. The summed E-state index contributed by atoms with van der Waals surface area (Å²) in [5.41, 5.74) is 4.02. The Morgan fingerprint density at radius 2 is 2.08 bits per heavy atom. The van der Waals surface area contributed by atoms with Crippen molar-refractivity contribution in [1.29, 1.82) is 0 Å². The second kappa shape index (κ2) is 6.78. The average molecular weight is 344 g/mol. The summed E-state index contributed by atoms with van der Waals surface area (Å²) in [4.78, 5) is 19.0. The van der Waals surface area contributed by atoms with Gasteiger partial charge in [-0.3, -0.25) is 0 Å². The number of anilines is 2. The van der Waals surface area contributed by atoms with E-state index in [0.29, 0.717) is 19.8 Å². The normalized spacial score (nSPS) is 16.2. The molecule has 1 aromatic heterocycles. The van der Waals surface area contributed by atoms with Crippen molar-refractivity contribution >= 4 is 28.2 Å². The smallest absolute Gasteiger partial charge is 0.319 e. The molecule has 4 rings (SSSR count). The minimum atomic E-state index is -0.218. The highest BCUT2D eigenvalue weighted by molar-refractivity contribution is 7.13. The quantitative estimate of drug-likeness (QED) is 0.894. The van der Waals surface area contributed by atoms with E-state index in [4.69, 9.17) is 4.74 Å². The van der Waals surface area contributed by atoms with E-state index in [9.17, 15) is 4.79 Å². The molecule has 3 heterocycles. The molecule has 2 aliphatic heterocycles. The van der Waals surface area contributed by atoms with Crippen LogP contribution in [0, 0.1) is 0 Å². The van der Waals surface area contributed by atoms with Gasteiger partial charge in [0, 0.05) is 24.2 Å². The number of fused-ring (bicyclic) bond motifs is 1. The monoisotopic (exact) mass is 344 g/mol. The van der Waals surface area contributed by atoms with Crippen LogP contribution in [0.5, 0.6) is 0 Å². The van der Waals surface area contributed by atoms with E-state index in [2.05, 4.69) is 20.5 Å². The molecule has 6 nitrogen and oxygen atoms in total. The number of carbonyl (C=O) groups is 1. The van der Waals surface area contributed by atoms with Crippen molar-refractivity contribution in [3.05, 3.63) is 40.4 Å².